The molecule has 0 aromatic heterocycles. The van der Waals surface area contributed by atoms with E-state index in [-0.39, 0.29) is 12.2 Å². The fourth-order valence-electron chi connectivity index (χ4n) is 3.29. The van der Waals surface area contributed by atoms with Gasteiger partial charge in [-0.25, -0.2) is 4.79 Å². The molecular weight excluding hydrogens is 333 g/mol. The number of hydrazine groups is 1. The molecule has 2 fully saturated rings. The minimum absolute atomic E-state index is 0.0188. The molecular formula is C17H15Cl2N3O. The highest BCUT2D eigenvalue weighted by atomic mass is 35.5. The lowest BCUT2D eigenvalue weighted by molar-refractivity contribution is 0.0728. The van der Waals surface area contributed by atoms with Crippen molar-refractivity contribution in [3.05, 3.63) is 64.1 Å². The number of carbonyl (C=O) groups excluding carboxylic acids is 1. The maximum absolute atomic E-state index is 12.9. The van der Waals surface area contributed by atoms with E-state index in [2.05, 4.69) is 5.01 Å². The Balaban J connectivity index is 1.82. The van der Waals surface area contributed by atoms with Gasteiger partial charge < -0.3 is 0 Å². The van der Waals surface area contributed by atoms with Gasteiger partial charge in [-0.05, 0) is 30.2 Å². The molecule has 2 aliphatic rings. The van der Waals surface area contributed by atoms with E-state index in [1.54, 1.807) is 17.0 Å². The monoisotopic (exact) mass is 347 g/mol. The van der Waals surface area contributed by atoms with Crippen LogP contribution in [0.2, 0.25) is 10.0 Å². The number of anilines is 1. The molecule has 2 amide bonds. The number of rotatable bonds is 2. The molecule has 4 rings (SSSR count). The maximum Gasteiger partial charge on any atom is 0.340 e. The number of benzene rings is 2. The van der Waals surface area contributed by atoms with Crippen molar-refractivity contribution in [2.24, 2.45) is 0 Å². The lowest BCUT2D eigenvalue weighted by atomic mass is 10.1. The number of hydrogen-bond donors (Lipinski definition) is 0. The minimum atomic E-state index is -0.150. The Morgan fingerprint density at radius 1 is 0.957 bits per heavy atom. The van der Waals surface area contributed by atoms with Crippen LogP contribution < -0.4 is 4.90 Å². The van der Waals surface area contributed by atoms with Crippen molar-refractivity contribution in [1.29, 1.82) is 0 Å². The Kier molecular flexibility index (Phi) is 3.68. The highest BCUT2D eigenvalue weighted by Crippen LogP contribution is 2.41. The van der Waals surface area contributed by atoms with Gasteiger partial charge in [-0.3, -0.25) is 9.91 Å². The highest BCUT2D eigenvalue weighted by Gasteiger charge is 2.47. The Bertz CT molecular complexity index is 753. The van der Waals surface area contributed by atoms with Crippen molar-refractivity contribution in [3.63, 3.8) is 0 Å². The second-order valence-electron chi connectivity index (χ2n) is 5.68. The first kappa shape index (κ1) is 14.8. The summed E-state index contributed by atoms with van der Waals surface area (Å²) in [5, 5.41) is 4.88. The minimum Gasteiger partial charge on any atom is -0.271 e. The molecule has 0 spiro atoms. The summed E-state index contributed by atoms with van der Waals surface area (Å²) in [5.74, 6) is 0. The largest absolute Gasteiger partial charge is 0.340 e. The Morgan fingerprint density at radius 2 is 1.74 bits per heavy atom. The van der Waals surface area contributed by atoms with Crippen LogP contribution in [-0.2, 0) is 0 Å². The number of nitrogens with zero attached hydrogens (tertiary/aromatic N) is 3. The third-order valence-corrected chi connectivity index (χ3v) is 5.04. The number of carbonyl (C=O) groups is 1. The van der Waals surface area contributed by atoms with Crippen LogP contribution in [0.1, 0.15) is 18.2 Å². The molecule has 0 saturated carbocycles. The quantitative estimate of drug-likeness (QED) is 0.796. The Hall–Kier alpha value is -1.75. The molecule has 2 aromatic carbocycles. The SMILES string of the molecule is O=C1N(c2ccc(Cl)c(Cl)c2)C(c2ccccc2)N2CCCN12. The third-order valence-electron chi connectivity index (χ3n) is 4.30. The normalized spacial score (nSPS) is 21.1. The number of urea groups is 1. The van der Waals surface area contributed by atoms with Crippen LogP contribution in [-0.4, -0.2) is 29.1 Å². The highest BCUT2D eigenvalue weighted by molar-refractivity contribution is 6.42. The summed E-state index contributed by atoms with van der Waals surface area (Å²) in [6.07, 6.45) is 0.841. The molecule has 2 aliphatic heterocycles. The molecule has 2 aromatic rings. The zero-order chi connectivity index (χ0) is 16.0. The summed E-state index contributed by atoms with van der Waals surface area (Å²) >= 11 is 12.2. The molecule has 1 unspecified atom stereocenters. The van der Waals surface area contributed by atoms with E-state index in [1.165, 1.54) is 0 Å². The molecule has 23 heavy (non-hydrogen) atoms. The van der Waals surface area contributed by atoms with Gasteiger partial charge in [0.15, 0.2) is 0 Å². The van der Waals surface area contributed by atoms with Gasteiger partial charge in [0.1, 0.15) is 6.17 Å². The van der Waals surface area contributed by atoms with E-state index >= 15 is 0 Å². The van der Waals surface area contributed by atoms with Crippen molar-refractivity contribution < 1.29 is 4.79 Å². The summed E-state index contributed by atoms with van der Waals surface area (Å²) in [6, 6.07) is 15.4. The lowest BCUT2D eigenvalue weighted by Gasteiger charge is -2.28. The molecule has 1 atom stereocenters. The van der Waals surface area contributed by atoms with Crippen LogP contribution in [0.5, 0.6) is 0 Å². The van der Waals surface area contributed by atoms with E-state index in [0.717, 1.165) is 30.8 Å². The van der Waals surface area contributed by atoms with E-state index < -0.39 is 0 Å². The molecule has 118 valence electrons. The molecule has 0 bridgehead atoms. The van der Waals surface area contributed by atoms with Crippen LogP contribution in [0.3, 0.4) is 0 Å². The van der Waals surface area contributed by atoms with Crippen LogP contribution in [0.15, 0.2) is 48.5 Å². The number of amides is 2. The predicted molar refractivity (Wildman–Crippen MR) is 91.5 cm³/mol. The Labute approximate surface area is 144 Å². The zero-order valence-corrected chi connectivity index (χ0v) is 13.8. The van der Waals surface area contributed by atoms with E-state index in [1.807, 2.05) is 41.4 Å². The summed E-state index contributed by atoms with van der Waals surface area (Å²) in [7, 11) is 0. The van der Waals surface area contributed by atoms with Crippen molar-refractivity contribution in [1.82, 2.24) is 10.0 Å². The van der Waals surface area contributed by atoms with Crippen molar-refractivity contribution in [2.45, 2.75) is 12.6 Å². The third kappa shape index (κ3) is 2.38. The fourth-order valence-corrected chi connectivity index (χ4v) is 3.58. The van der Waals surface area contributed by atoms with E-state index in [9.17, 15) is 4.79 Å². The summed E-state index contributed by atoms with van der Waals surface area (Å²) in [5.41, 5.74) is 1.84. The number of fused-ring (bicyclic) bond motifs is 1. The summed E-state index contributed by atoms with van der Waals surface area (Å²) in [4.78, 5) is 14.7. The van der Waals surface area contributed by atoms with Gasteiger partial charge in [0.25, 0.3) is 0 Å². The average molecular weight is 348 g/mol. The average Bonchev–Trinajstić information content (AvgIpc) is 3.13. The van der Waals surface area contributed by atoms with Crippen LogP contribution in [0.25, 0.3) is 0 Å². The second-order valence-corrected chi connectivity index (χ2v) is 6.49. The molecule has 0 aliphatic carbocycles. The van der Waals surface area contributed by atoms with Crippen LogP contribution in [0.4, 0.5) is 10.5 Å². The molecule has 2 saturated heterocycles. The Morgan fingerprint density at radius 3 is 2.48 bits per heavy atom. The van der Waals surface area contributed by atoms with Crippen LogP contribution >= 0.6 is 23.2 Å². The number of halogens is 2. The first-order valence-corrected chi connectivity index (χ1v) is 8.30. The van der Waals surface area contributed by atoms with Crippen molar-refractivity contribution in [3.8, 4) is 0 Å². The maximum atomic E-state index is 12.9. The topological polar surface area (TPSA) is 26.8 Å². The lowest BCUT2D eigenvalue weighted by Crippen LogP contribution is -2.32. The smallest absolute Gasteiger partial charge is 0.271 e. The van der Waals surface area contributed by atoms with Gasteiger partial charge in [0, 0.05) is 18.8 Å². The molecule has 0 N–H and O–H groups in total. The van der Waals surface area contributed by atoms with Gasteiger partial charge in [0.05, 0.1) is 10.0 Å². The molecule has 4 nitrogen and oxygen atoms in total. The first-order chi connectivity index (χ1) is 11.2. The molecule has 6 heteroatoms. The summed E-state index contributed by atoms with van der Waals surface area (Å²) < 4.78 is 0. The van der Waals surface area contributed by atoms with Gasteiger partial charge in [-0.15, -0.1) is 0 Å². The van der Waals surface area contributed by atoms with E-state index in [4.69, 9.17) is 23.2 Å². The van der Waals surface area contributed by atoms with Crippen molar-refractivity contribution >= 4 is 34.9 Å². The first-order valence-electron chi connectivity index (χ1n) is 7.54. The standard InChI is InChI=1S/C17H15Cl2N3O/c18-14-8-7-13(11-15(14)19)22-16(12-5-2-1-3-6-12)20-9-4-10-21(20)17(22)23/h1-3,5-8,11,16H,4,9-10H2. The summed E-state index contributed by atoms with van der Waals surface area (Å²) in [6.45, 7) is 1.61. The van der Waals surface area contributed by atoms with E-state index in [0.29, 0.717) is 10.0 Å². The molecule has 0 radical (unpaired) electrons. The van der Waals surface area contributed by atoms with Gasteiger partial charge in [-0.1, -0.05) is 53.5 Å². The second kappa shape index (κ2) is 5.71. The zero-order valence-electron chi connectivity index (χ0n) is 12.3. The predicted octanol–water partition coefficient (Wildman–Crippen LogP) is 4.55. The van der Waals surface area contributed by atoms with Gasteiger partial charge in [-0.2, -0.15) is 5.01 Å². The molecule has 2 heterocycles. The van der Waals surface area contributed by atoms with Crippen molar-refractivity contribution in [2.75, 3.05) is 18.0 Å². The number of hydrogen-bond acceptors (Lipinski definition) is 2. The van der Waals surface area contributed by atoms with Crippen LogP contribution in [0, 0.1) is 0 Å². The fraction of sp³-hybridized carbons (Fsp3) is 0.235. The van der Waals surface area contributed by atoms with Gasteiger partial charge >= 0.3 is 6.03 Å². The van der Waals surface area contributed by atoms with Gasteiger partial charge in [0.2, 0.25) is 0 Å².